The Bertz CT molecular complexity index is 843. The van der Waals surface area contributed by atoms with E-state index < -0.39 is 0 Å². The van der Waals surface area contributed by atoms with Gasteiger partial charge in [-0.15, -0.1) is 0 Å². The Hall–Kier alpha value is -2.53. The van der Waals surface area contributed by atoms with Gasteiger partial charge >= 0.3 is 0 Å². The first kappa shape index (κ1) is 16.3. The molecular formula is C18H18ClN3O2. The lowest BCUT2D eigenvalue weighted by molar-refractivity contribution is -0.121. The number of fused-ring (bicyclic) bond motifs is 1. The van der Waals surface area contributed by atoms with E-state index in [0.29, 0.717) is 24.5 Å². The Labute approximate surface area is 145 Å². The van der Waals surface area contributed by atoms with E-state index in [-0.39, 0.29) is 5.91 Å². The molecule has 0 spiro atoms. The number of aryl methyl sites for hydroxylation is 1. The molecule has 0 aliphatic heterocycles. The molecule has 0 aliphatic carbocycles. The third-order valence-corrected chi connectivity index (χ3v) is 4.16. The van der Waals surface area contributed by atoms with Gasteiger partial charge in [-0.1, -0.05) is 29.8 Å². The van der Waals surface area contributed by atoms with Gasteiger partial charge in [-0.05, 0) is 29.8 Å². The van der Waals surface area contributed by atoms with Gasteiger partial charge in [0.05, 0.1) is 30.4 Å². The highest BCUT2D eigenvalue weighted by atomic mass is 35.5. The van der Waals surface area contributed by atoms with E-state index in [0.717, 1.165) is 22.2 Å². The van der Waals surface area contributed by atoms with E-state index in [1.54, 1.807) is 18.0 Å². The molecule has 5 nitrogen and oxygen atoms in total. The summed E-state index contributed by atoms with van der Waals surface area (Å²) >= 11 is 6.13. The summed E-state index contributed by atoms with van der Waals surface area (Å²) in [5.74, 6) is 0.783. The zero-order valence-corrected chi connectivity index (χ0v) is 14.1. The topological polar surface area (TPSA) is 56.1 Å². The van der Waals surface area contributed by atoms with Gasteiger partial charge in [0.2, 0.25) is 5.91 Å². The molecule has 0 atom stereocenters. The minimum atomic E-state index is -0.0171. The molecule has 1 aromatic heterocycles. The summed E-state index contributed by atoms with van der Waals surface area (Å²) in [7, 11) is 1.63. The van der Waals surface area contributed by atoms with Crippen molar-refractivity contribution in [3.8, 4) is 5.75 Å². The third-order valence-electron chi connectivity index (χ3n) is 3.83. The van der Waals surface area contributed by atoms with Gasteiger partial charge in [0.25, 0.3) is 0 Å². The monoisotopic (exact) mass is 343 g/mol. The Morgan fingerprint density at radius 3 is 2.79 bits per heavy atom. The minimum Gasteiger partial charge on any atom is -0.497 e. The maximum Gasteiger partial charge on any atom is 0.222 e. The Kier molecular flexibility index (Phi) is 5.01. The molecule has 0 saturated carbocycles. The molecule has 0 unspecified atom stereocenters. The van der Waals surface area contributed by atoms with Crippen molar-refractivity contribution < 1.29 is 9.53 Å². The number of amides is 1. The lowest BCUT2D eigenvalue weighted by Gasteiger charge is -2.07. The van der Waals surface area contributed by atoms with Crippen molar-refractivity contribution in [1.82, 2.24) is 15.1 Å². The van der Waals surface area contributed by atoms with Crippen molar-refractivity contribution in [1.29, 1.82) is 0 Å². The molecule has 0 fully saturated rings. The van der Waals surface area contributed by atoms with Crippen molar-refractivity contribution in [2.45, 2.75) is 19.5 Å². The molecule has 3 aromatic rings. The van der Waals surface area contributed by atoms with E-state index >= 15 is 0 Å². The van der Waals surface area contributed by atoms with Crippen LogP contribution in [0.25, 0.3) is 10.9 Å². The average molecular weight is 344 g/mol. The number of rotatable bonds is 6. The van der Waals surface area contributed by atoms with Gasteiger partial charge in [0.1, 0.15) is 5.75 Å². The summed E-state index contributed by atoms with van der Waals surface area (Å²) in [4.78, 5) is 12.0. The highest BCUT2D eigenvalue weighted by molar-refractivity contribution is 6.35. The van der Waals surface area contributed by atoms with Gasteiger partial charge < -0.3 is 10.1 Å². The lowest BCUT2D eigenvalue weighted by Crippen LogP contribution is -2.24. The Morgan fingerprint density at radius 2 is 2.04 bits per heavy atom. The molecule has 1 heterocycles. The number of ether oxygens (including phenoxy) is 1. The summed E-state index contributed by atoms with van der Waals surface area (Å²) < 4.78 is 6.91. The number of nitrogens with zero attached hydrogens (tertiary/aromatic N) is 2. The molecular weight excluding hydrogens is 326 g/mol. The van der Waals surface area contributed by atoms with Crippen LogP contribution in [0.5, 0.6) is 5.75 Å². The average Bonchev–Trinajstić information content (AvgIpc) is 3.03. The normalized spacial score (nSPS) is 10.8. The molecule has 6 heteroatoms. The molecule has 2 aromatic carbocycles. The highest BCUT2D eigenvalue weighted by Crippen LogP contribution is 2.22. The van der Waals surface area contributed by atoms with Crippen molar-refractivity contribution in [2.24, 2.45) is 0 Å². The molecule has 1 amide bonds. The fraction of sp³-hybridized carbons (Fsp3) is 0.222. The van der Waals surface area contributed by atoms with Gasteiger partial charge in [-0.2, -0.15) is 5.10 Å². The highest BCUT2D eigenvalue weighted by Gasteiger charge is 2.08. The number of methoxy groups -OCH3 is 1. The van der Waals surface area contributed by atoms with Crippen LogP contribution >= 0.6 is 11.6 Å². The Morgan fingerprint density at radius 1 is 1.25 bits per heavy atom. The number of benzene rings is 2. The van der Waals surface area contributed by atoms with Gasteiger partial charge in [0, 0.05) is 18.4 Å². The van der Waals surface area contributed by atoms with Crippen LogP contribution in [0.15, 0.2) is 48.7 Å². The van der Waals surface area contributed by atoms with Crippen LogP contribution in [0, 0.1) is 0 Å². The molecule has 0 aliphatic rings. The van der Waals surface area contributed by atoms with Crippen LogP contribution in [0.3, 0.4) is 0 Å². The van der Waals surface area contributed by atoms with E-state index in [1.807, 2.05) is 42.5 Å². The summed E-state index contributed by atoms with van der Waals surface area (Å²) in [6.07, 6.45) is 2.09. The lowest BCUT2D eigenvalue weighted by atomic mass is 10.2. The van der Waals surface area contributed by atoms with Crippen LogP contribution in [-0.2, 0) is 17.9 Å². The largest absolute Gasteiger partial charge is 0.497 e. The van der Waals surface area contributed by atoms with Crippen molar-refractivity contribution >= 4 is 28.4 Å². The standard InChI is InChI=1S/C18H18ClN3O2/c1-24-14-7-5-13(6-8-14)11-20-18(23)9-10-22-17-4-2-3-16(19)15(17)12-21-22/h2-8,12H,9-11H2,1H3,(H,20,23). The van der Waals surface area contributed by atoms with Crippen LogP contribution in [0.4, 0.5) is 0 Å². The quantitative estimate of drug-likeness (QED) is 0.746. The molecule has 0 radical (unpaired) electrons. The smallest absolute Gasteiger partial charge is 0.222 e. The number of aromatic nitrogens is 2. The molecule has 124 valence electrons. The number of hydrogen-bond donors (Lipinski definition) is 1. The minimum absolute atomic E-state index is 0.0171. The Balaban J connectivity index is 1.54. The van der Waals surface area contributed by atoms with Crippen LogP contribution < -0.4 is 10.1 Å². The fourth-order valence-corrected chi connectivity index (χ4v) is 2.70. The van der Waals surface area contributed by atoms with E-state index in [9.17, 15) is 4.79 Å². The van der Waals surface area contributed by atoms with Crippen molar-refractivity contribution in [3.05, 3.63) is 59.2 Å². The van der Waals surface area contributed by atoms with Crippen LogP contribution in [-0.4, -0.2) is 22.8 Å². The summed E-state index contributed by atoms with van der Waals surface area (Å²) in [6.45, 7) is 1.01. The number of carbonyl (C=O) groups excluding carboxylic acids is 1. The molecule has 0 bridgehead atoms. The van der Waals surface area contributed by atoms with Crippen molar-refractivity contribution in [2.75, 3.05) is 7.11 Å². The third kappa shape index (κ3) is 3.68. The molecule has 0 saturated heterocycles. The van der Waals surface area contributed by atoms with Gasteiger partial charge in [0.15, 0.2) is 0 Å². The summed E-state index contributed by atoms with van der Waals surface area (Å²) in [5.41, 5.74) is 1.96. The number of carbonyl (C=O) groups is 1. The van der Waals surface area contributed by atoms with E-state index in [1.165, 1.54) is 0 Å². The van der Waals surface area contributed by atoms with E-state index in [2.05, 4.69) is 10.4 Å². The number of nitrogens with one attached hydrogen (secondary N) is 1. The second kappa shape index (κ2) is 7.36. The van der Waals surface area contributed by atoms with Crippen LogP contribution in [0.1, 0.15) is 12.0 Å². The molecule has 24 heavy (non-hydrogen) atoms. The van der Waals surface area contributed by atoms with Crippen molar-refractivity contribution in [3.63, 3.8) is 0 Å². The maximum absolute atomic E-state index is 12.0. The molecule has 3 rings (SSSR count). The van der Waals surface area contributed by atoms with E-state index in [4.69, 9.17) is 16.3 Å². The first-order chi connectivity index (χ1) is 11.7. The molecule has 1 N–H and O–H groups in total. The zero-order chi connectivity index (χ0) is 16.9. The first-order valence-corrected chi connectivity index (χ1v) is 8.05. The predicted molar refractivity (Wildman–Crippen MR) is 94.2 cm³/mol. The zero-order valence-electron chi connectivity index (χ0n) is 13.3. The van der Waals surface area contributed by atoms with Gasteiger partial charge in [-0.25, -0.2) is 0 Å². The second-order valence-corrected chi connectivity index (χ2v) is 5.82. The fourth-order valence-electron chi connectivity index (χ4n) is 2.49. The number of halogens is 1. The SMILES string of the molecule is COc1ccc(CNC(=O)CCn2ncc3c(Cl)cccc32)cc1. The van der Waals surface area contributed by atoms with Gasteiger partial charge in [-0.3, -0.25) is 9.48 Å². The predicted octanol–water partition coefficient (Wildman–Crippen LogP) is 3.40. The maximum atomic E-state index is 12.0. The second-order valence-electron chi connectivity index (χ2n) is 5.42. The number of hydrogen-bond acceptors (Lipinski definition) is 3. The van der Waals surface area contributed by atoms with Crippen LogP contribution in [0.2, 0.25) is 5.02 Å². The first-order valence-electron chi connectivity index (χ1n) is 7.67. The summed E-state index contributed by atoms with van der Waals surface area (Å²) in [5, 5.41) is 8.79. The summed E-state index contributed by atoms with van der Waals surface area (Å²) in [6, 6.07) is 13.3.